The highest BCUT2D eigenvalue weighted by Crippen LogP contribution is 2.39. The third kappa shape index (κ3) is 4.09. The van der Waals surface area contributed by atoms with Crippen LogP contribution < -0.4 is 5.32 Å². The number of anilines is 1. The number of hydrogen-bond acceptors (Lipinski definition) is 5. The van der Waals surface area contributed by atoms with Gasteiger partial charge >= 0.3 is 0 Å². The lowest BCUT2D eigenvalue weighted by Crippen LogP contribution is -2.43. The smallest absolute Gasteiger partial charge is 0.251 e. The van der Waals surface area contributed by atoms with Gasteiger partial charge in [-0.2, -0.15) is 0 Å². The van der Waals surface area contributed by atoms with Gasteiger partial charge in [0.15, 0.2) is 0 Å². The van der Waals surface area contributed by atoms with Crippen molar-refractivity contribution >= 4 is 33.3 Å². The van der Waals surface area contributed by atoms with E-state index in [1.807, 2.05) is 0 Å². The molecule has 2 aromatic rings. The van der Waals surface area contributed by atoms with Crippen LogP contribution in [0, 0.1) is 5.92 Å². The van der Waals surface area contributed by atoms with Crippen molar-refractivity contribution < 1.29 is 13.6 Å². The molecule has 0 unspecified atom stereocenters. The Morgan fingerprint density at radius 2 is 1.93 bits per heavy atom. The molecule has 2 fully saturated rings. The van der Waals surface area contributed by atoms with Gasteiger partial charge in [0.25, 0.3) is 5.92 Å². The quantitative estimate of drug-likeness (QED) is 0.788. The van der Waals surface area contributed by atoms with E-state index in [1.165, 1.54) is 41.0 Å². The lowest BCUT2D eigenvalue weighted by atomic mass is 9.97. The highest BCUT2D eigenvalue weighted by Gasteiger charge is 2.35. The van der Waals surface area contributed by atoms with Crippen LogP contribution in [-0.2, 0) is 24.1 Å². The van der Waals surface area contributed by atoms with Gasteiger partial charge in [-0.25, -0.2) is 18.7 Å². The number of nitrogens with one attached hydrogen (secondary N) is 1. The van der Waals surface area contributed by atoms with Gasteiger partial charge in [-0.1, -0.05) is 0 Å². The summed E-state index contributed by atoms with van der Waals surface area (Å²) in [6.45, 7) is 1.12. The van der Waals surface area contributed by atoms with Gasteiger partial charge in [-0.05, 0) is 50.0 Å². The van der Waals surface area contributed by atoms with Crippen molar-refractivity contribution in [2.45, 2.75) is 63.7 Å². The zero-order valence-corrected chi connectivity index (χ0v) is 17.3. The van der Waals surface area contributed by atoms with Crippen molar-refractivity contribution in [3.63, 3.8) is 0 Å². The van der Waals surface area contributed by atoms with Crippen LogP contribution in [-0.4, -0.2) is 46.3 Å². The van der Waals surface area contributed by atoms with Gasteiger partial charge in [-0.15, -0.1) is 11.3 Å². The van der Waals surface area contributed by atoms with Crippen LogP contribution in [0.15, 0.2) is 0 Å². The van der Waals surface area contributed by atoms with Crippen LogP contribution in [0.5, 0.6) is 0 Å². The molecule has 0 radical (unpaired) electrons. The highest BCUT2D eigenvalue weighted by molar-refractivity contribution is 7.19. The number of halogens is 2. The van der Waals surface area contributed by atoms with Gasteiger partial charge in [0.2, 0.25) is 5.91 Å². The predicted octanol–water partition coefficient (Wildman–Crippen LogP) is 4.19. The third-order valence-corrected chi connectivity index (χ3v) is 7.46. The van der Waals surface area contributed by atoms with Crippen molar-refractivity contribution in [3.8, 4) is 0 Å². The van der Waals surface area contributed by atoms with Crippen LogP contribution in [0.1, 0.15) is 54.8 Å². The normalized spacial score (nSPS) is 21.2. The minimum Gasteiger partial charge on any atom is -0.369 e. The van der Waals surface area contributed by atoms with Gasteiger partial charge < -0.3 is 10.2 Å². The first kappa shape index (κ1) is 19.2. The fourth-order valence-electron chi connectivity index (χ4n) is 4.30. The van der Waals surface area contributed by atoms with Gasteiger partial charge in [0, 0.05) is 37.4 Å². The molecule has 0 bridgehead atoms. The molecule has 1 N–H and O–H groups in total. The number of rotatable bonds is 5. The van der Waals surface area contributed by atoms with Gasteiger partial charge in [0.05, 0.1) is 11.8 Å². The standard InChI is InChI=1S/C21H26F2N4OS/c22-21(23)7-9-27(10-8-21)17(28)11-16-25-19(24-12-13-5-6-13)18-14-3-1-2-4-15(14)29-20(18)26-16/h13H,1-12H2,(H,24,25,26). The van der Waals surface area contributed by atoms with Crippen molar-refractivity contribution in [3.05, 3.63) is 16.3 Å². The van der Waals surface area contributed by atoms with Crippen LogP contribution in [0.25, 0.3) is 10.2 Å². The summed E-state index contributed by atoms with van der Waals surface area (Å²) < 4.78 is 26.8. The summed E-state index contributed by atoms with van der Waals surface area (Å²) in [5.41, 5.74) is 1.38. The van der Waals surface area contributed by atoms with E-state index in [2.05, 4.69) is 5.32 Å². The molecule has 1 amide bonds. The summed E-state index contributed by atoms with van der Waals surface area (Å²) in [6.07, 6.45) is 6.63. The van der Waals surface area contributed by atoms with Crippen molar-refractivity contribution in [2.75, 3.05) is 25.0 Å². The highest BCUT2D eigenvalue weighted by atomic mass is 32.1. The number of carbonyl (C=O) groups excluding carboxylic acids is 1. The topological polar surface area (TPSA) is 58.1 Å². The van der Waals surface area contributed by atoms with E-state index < -0.39 is 5.92 Å². The number of alkyl halides is 2. The maximum atomic E-state index is 13.4. The van der Waals surface area contributed by atoms with E-state index in [9.17, 15) is 13.6 Å². The molecule has 156 valence electrons. The second-order valence-electron chi connectivity index (χ2n) is 8.62. The molecule has 3 heterocycles. The molecule has 29 heavy (non-hydrogen) atoms. The summed E-state index contributed by atoms with van der Waals surface area (Å²) in [5.74, 6) is -0.739. The number of likely N-dealkylation sites (tertiary alicyclic amines) is 1. The van der Waals surface area contributed by atoms with E-state index in [0.717, 1.165) is 41.3 Å². The summed E-state index contributed by atoms with van der Waals surface area (Å²) in [5, 5.41) is 4.66. The molecule has 3 aliphatic rings. The van der Waals surface area contributed by atoms with Gasteiger partial charge in [0.1, 0.15) is 16.5 Å². The summed E-state index contributed by atoms with van der Waals surface area (Å²) in [4.78, 5) is 26.0. The number of aryl methyl sites for hydroxylation is 2. The number of thiophene rings is 1. The molecule has 2 aliphatic carbocycles. The third-order valence-electron chi connectivity index (χ3n) is 6.27. The molecule has 0 aromatic carbocycles. The lowest BCUT2D eigenvalue weighted by Gasteiger charge is -2.31. The number of amides is 1. The Bertz CT molecular complexity index is 930. The molecule has 5 rings (SSSR count). The molecule has 0 atom stereocenters. The molecule has 2 aromatic heterocycles. The van der Waals surface area contributed by atoms with Crippen molar-refractivity contribution in [1.82, 2.24) is 14.9 Å². The SMILES string of the molecule is O=C(Cc1nc(NCC2CC2)c2c3c(sc2n1)CCCC3)N1CCC(F)(F)CC1. The maximum absolute atomic E-state index is 13.4. The number of piperidine rings is 1. The summed E-state index contributed by atoms with van der Waals surface area (Å²) >= 11 is 1.73. The molecular weight excluding hydrogens is 394 g/mol. The molecule has 5 nitrogen and oxygen atoms in total. The minimum atomic E-state index is -2.65. The minimum absolute atomic E-state index is 0.0716. The summed E-state index contributed by atoms with van der Waals surface area (Å²) in [7, 11) is 0. The zero-order chi connectivity index (χ0) is 20.0. The molecule has 0 spiro atoms. The van der Waals surface area contributed by atoms with Crippen molar-refractivity contribution in [2.24, 2.45) is 5.92 Å². The molecule has 1 saturated heterocycles. The first-order valence-corrected chi connectivity index (χ1v) is 11.5. The second-order valence-corrected chi connectivity index (χ2v) is 9.70. The first-order chi connectivity index (χ1) is 14.0. The molecule has 1 aliphatic heterocycles. The Balaban J connectivity index is 1.40. The lowest BCUT2D eigenvalue weighted by molar-refractivity contribution is -0.136. The largest absolute Gasteiger partial charge is 0.369 e. The van der Waals surface area contributed by atoms with E-state index in [-0.39, 0.29) is 38.3 Å². The van der Waals surface area contributed by atoms with Crippen LogP contribution in [0.3, 0.4) is 0 Å². The first-order valence-electron chi connectivity index (χ1n) is 10.7. The van der Waals surface area contributed by atoms with Gasteiger partial charge in [-0.3, -0.25) is 4.79 Å². The van der Waals surface area contributed by atoms with Crippen LogP contribution in [0.4, 0.5) is 14.6 Å². The maximum Gasteiger partial charge on any atom is 0.251 e. The van der Waals surface area contributed by atoms with E-state index in [4.69, 9.17) is 9.97 Å². The van der Waals surface area contributed by atoms with E-state index in [0.29, 0.717) is 5.82 Å². The Hall–Kier alpha value is -1.83. The number of fused-ring (bicyclic) bond motifs is 3. The number of carbonyl (C=O) groups is 1. The summed E-state index contributed by atoms with van der Waals surface area (Å²) in [6, 6.07) is 0. The fraction of sp³-hybridized carbons (Fsp3) is 0.667. The number of nitrogens with zero attached hydrogens (tertiary/aromatic N) is 3. The predicted molar refractivity (Wildman–Crippen MR) is 110 cm³/mol. The van der Waals surface area contributed by atoms with Crippen LogP contribution >= 0.6 is 11.3 Å². The van der Waals surface area contributed by atoms with Crippen molar-refractivity contribution in [1.29, 1.82) is 0 Å². The van der Waals surface area contributed by atoms with Crippen LogP contribution in [0.2, 0.25) is 0 Å². The Morgan fingerprint density at radius 1 is 1.17 bits per heavy atom. The fourth-order valence-corrected chi connectivity index (χ4v) is 5.58. The monoisotopic (exact) mass is 420 g/mol. The molecule has 8 heteroatoms. The van der Waals surface area contributed by atoms with E-state index in [1.54, 1.807) is 11.3 Å². The van der Waals surface area contributed by atoms with E-state index >= 15 is 0 Å². The zero-order valence-electron chi connectivity index (χ0n) is 16.5. The average Bonchev–Trinajstić information content (AvgIpc) is 3.44. The Labute approximate surface area is 172 Å². The number of aromatic nitrogens is 2. The molecule has 1 saturated carbocycles. The second kappa shape index (κ2) is 7.45. The average molecular weight is 421 g/mol. The number of hydrogen-bond donors (Lipinski definition) is 1. The molecular formula is C21H26F2N4OS. The Morgan fingerprint density at radius 3 is 2.69 bits per heavy atom. The Kier molecular flexibility index (Phi) is 4.92.